The van der Waals surface area contributed by atoms with Gasteiger partial charge in [-0.3, -0.25) is 4.98 Å². The molecule has 0 aliphatic carbocycles. The van der Waals surface area contributed by atoms with Crippen molar-refractivity contribution in [3.05, 3.63) is 24.5 Å². The highest BCUT2D eigenvalue weighted by Gasteiger charge is 2.13. The normalized spacial score (nSPS) is 12.3. The van der Waals surface area contributed by atoms with E-state index in [0.29, 0.717) is 18.8 Å². The van der Waals surface area contributed by atoms with Gasteiger partial charge in [0, 0.05) is 18.9 Å². The molecule has 1 atom stereocenters. The first-order valence-electron chi connectivity index (χ1n) is 6.29. The van der Waals surface area contributed by atoms with Crippen LogP contribution in [0.4, 0.5) is 10.8 Å². The van der Waals surface area contributed by atoms with Crippen molar-refractivity contribution in [1.82, 2.24) is 9.36 Å². The Morgan fingerprint density at radius 3 is 2.84 bits per heavy atom. The fourth-order valence-corrected chi connectivity index (χ4v) is 2.54. The van der Waals surface area contributed by atoms with Crippen molar-refractivity contribution < 1.29 is 5.11 Å². The molecule has 2 aromatic heterocycles. The first-order valence-corrected chi connectivity index (χ1v) is 7.07. The zero-order valence-corrected chi connectivity index (χ0v) is 11.7. The van der Waals surface area contributed by atoms with Crippen molar-refractivity contribution in [3.63, 3.8) is 0 Å². The Morgan fingerprint density at radius 2 is 2.16 bits per heavy atom. The van der Waals surface area contributed by atoms with Crippen LogP contribution in [0, 0.1) is 0 Å². The van der Waals surface area contributed by atoms with Gasteiger partial charge in [0.25, 0.3) is 0 Å². The van der Waals surface area contributed by atoms with Crippen LogP contribution in [0.25, 0.3) is 11.1 Å². The second kappa shape index (κ2) is 6.49. The van der Waals surface area contributed by atoms with Crippen LogP contribution in [-0.2, 0) is 0 Å². The summed E-state index contributed by atoms with van der Waals surface area (Å²) in [7, 11) is 0. The van der Waals surface area contributed by atoms with E-state index in [-0.39, 0.29) is 6.10 Å². The van der Waals surface area contributed by atoms with Crippen LogP contribution in [0.5, 0.6) is 0 Å². The van der Waals surface area contributed by atoms with Crippen LogP contribution in [0.2, 0.25) is 0 Å². The quantitative estimate of drug-likeness (QED) is 0.755. The topological polar surface area (TPSA) is 84.1 Å². The predicted octanol–water partition coefficient (Wildman–Crippen LogP) is 2.36. The highest BCUT2D eigenvalue weighted by atomic mass is 32.1. The summed E-state index contributed by atoms with van der Waals surface area (Å²) in [5.41, 5.74) is 7.84. The van der Waals surface area contributed by atoms with Crippen molar-refractivity contribution in [2.24, 2.45) is 0 Å². The van der Waals surface area contributed by atoms with Crippen molar-refractivity contribution in [1.29, 1.82) is 0 Å². The van der Waals surface area contributed by atoms with Crippen LogP contribution in [0.1, 0.15) is 19.8 Å². The Hall–Kier alpha value is -1.66. The lowest BCUT2D eigenvalue weighted by Crippen LogP contribution is -2.12. The van der Waals surface area contributed by atoms with Gasteiger partial charge < -0.3 is 16.2 Å². The van der Waals surface area contributed by atoms with Crippen molar-refractivity contribution in [3.8, 4) is 11.1 Å². The number of pyridine rings is 1. The molecule has 0 aliphatic rings. The second-order valence-corrected chi connectivity index (χ2v) is 5.06. The van der Waals surface area contributed by atoms with Gasteiger partial charge in [0.05, 0.1) is 11.7 Å². The molecule has 5 nitrogen and oxygen atoms in total. The number of nitrogens with one attached hydrogen (secondary N) is 1. The van der Waals surface area contributed by atoms with E-state index < -0.39 is 0 Å². The van der Waals surface area contributed by atoms with Gasteiger partial charge in [0.2, 0.25) is 0 Å². The molecule has 0 saturated carbocycles. The van der Waals surface area contributed by atoms with Gasteiger partial charge in [-0.2, -0.15) is 4.37 Å². The third-order valence-corrected chi connectivity index (χ3v) is 3.74. The van der Waals surface area contributed by atoms with Gasteiger partial charge in [0.1, 0.15) is 10.8 Å². The average molecular weight is 278 g/mol. The molecule has 102 valence electrons. The van der Waals surface area contributed by atoms with Crippen LogP contribution in [-0.4, -0.2) is 27.1 Å². The summed E-state index contributed by atoms with van der Waals surface area (Å²) in [5.74, 6) is 0.523. The van der Waals surface area contributed by atoms with Crippen LogP contribution < -0.4 is 11.1 Å². The molecule has 0 spiro atoms. The molecule has 0 fully saturated rings. The number of rotatable bonds is 6. The summed E-state index contributed by atoms with van der Waals surface area (Å²) < 4.78 is 4.18. The lowest BCUT2D eigenvalue weighted by atomic mass is 10.1. The van der Waals surface area contributed by atoms with Crippen LogP contribution in [0.3, 0.4) is 0 Å². The van der Waals surface area contributed by atoms with Gasteiger partial charge in [-0.25, -0.2) is 0 Å². The van der Waals surface area contributed by atoms with Crippen molar-refractivity contribution in [2.45, 2.75) is 25.9 Å². The molecule has 0 aromatic carbocycles. The highest BCUT2D eigenvalue weighted by molar-refractivity contribution is 7.11. The first-order chi connectivity index (χ1) is 9.22. The van der Waals surface area contributed by atoms with Gasteiger partial charge in [-0.1, -0.05) is 6.92 Å². The van der Waals surface area contributed by atoms with Crippen LogP contribution in [0.15, 0.2) is 24.5 Å². The summed E-state index contributed by atoms with van der Waals surface area (Å²) in [5, 5.41) is 13.8. The van der Waals surface area contributed by atoms with E-state index in [9.17, 15) is 5.11 Å². The molecule has 2 rings (SSSR count). The molecule has 0 radical (unpaired) electrons. The zero-order chi connectivity index (χ0) is 13.7. The molecule has 0 amide bonds. The molecule has 2 heterocycles. The smallest absolute Gasteiger partial charge is 0.147 e. The molecule has 4 N–H and O–H groups in total. The number of hydrogen-bond donors (Lipinski definition) is 3. The maximum atomic E-state index is 9.54. The van der Waals surface area contributed by atoms with E-state index in [1.807, 2.05) is 19.1 Å². The number of nitrogens with zero attached hydrogens (tertiary/aromatic N) is 2. The zero-order valence-electron chi connectivity index (χ0n) is 10.8. The molecule has 2 aromatic rings. The number of aliphatic hydroxyl groups is 1. The number of aromatic nitrogens is 2. The highest BCUT2D eigenvalue weighted by Crippen LogP contribution is 2.36. The Bertz CT molecular complexity index is 515. The fourth-order valence-electron chi connectivity index (χ4n) is 1.78. The molecule has 0 saturated heterocycles. The van der Waals surface area contributed by atoms with E-state index in [4.69, 9.17) is 5.73 Å². The Labute approximate surface area is 116 Å². The largest absolute Gasteiger partial charge is 0.393 e. The third-order valence-electron chi connectivity index (χ3n) is 2.92. The fraction of sp³-hybridized carbons (Fsp3) is 0.385. The van der Waals surface area contributed by atoms with Gasteiger partial charge in [-0.05, 0) is 42.1 Å². The molecule has 19 heavy (non-hydrogen) atoms. The third kappa shape index (κ3) is 3.42. The average Bonchev–Trinajstić information content (AvgIpc) is 2.80. The Balaban J connectivity index is 2.10. The maximum Gasteiger partial charge on any atom is 0.147 e. The van der Waals surface area contributed by atoms with E-state index in [0.717, 1.165) is 22.5 Å². The van der Waals surface area contributed by atoms with E-state index in [1.165, 1.54) is 11.5 Å². The van der Waals surface area contributed by atoms with Gasteiger partial charge in [0.15, 0.2) is 0 Å². The molecular weight excluding hydrogens is 260 g/mol. The summed E-state index contributed by atoms with van der Waals surface area (Å²) >= 11 is 1.34. The molecule has 6 heteroatoms. The first kappa shape index (κ1) is 13.8. The second-order valence-electron chi connectivity index (χ2n) is 4.29. The van der Waals surface area contributed by atoms with Gasteiger partial charge >= 0.3 is 0 Å². The molecular formula is C13H18N4OS. The summed E-state index contributed by atoms with van der Waals surface area (Å²) in [6, 6.07) is 3.82. The van der Waals surface area contributed by atoms with E-state index in [2.05, 4.69) is 14.7 Å². The minimum Gasteiger partial charge on any atom is -0.393 e. The van der Waals surface area contributed by atoms with E-state index in [1.54, 1.807) is 12.4 Å². The molecule has 0 aliphatic heterocycles. The lowest BCUT2D eigenvalue weighted by molar-refractivity contribution is 0.164. The standard InChI is InChI=1S/C13H18N4OS/c1-2-10(18)5-8-16-13-11(12(14)17-19-13)9-3-6-15-7-4-9/h3-4,6-7,10,16,18H,2,5,8H2,1H3,(H2,14,17). The number of hydrogen-bond acceptors (Lipinski definition) is 6. The monoisotopic (exact) mass is 278 g/mol. The number of nitrogen functional groups attached to an aromatic ring is 1. The van der Waals surface area contributed by atoms with Crippen molar-refractivity contribution >= 4 is 22.4 Å². The minimum atomic E-state index is -0.262. The Kier molecular flexibility index (Phi) is 4.70. The number of anilines is 2. The SMILES string of the molecule is CCC(O)CCNc1snc(N)c1-c1ccncc1. The van der Waals surface area contributed by atoms with Gasteiger partial charge in [-0.15, -0.1) is 0 Å². The summed E-state index contributed by atoms with van der Waals surface area (Å²) in [4.78, 5) is 4.00. The molecule has 0 bridgehead atoms. The predicted molar refractivity (Wildman–Crippen MR) is 79.2 cm³/mol. The minimum absolute atomic E-state index is 0.262. The Morgan fingerprint density at radius 1 is 1.42 bits per heavy atom. The van der Waals surface area contributed by atoms with Crippen LogP contribution >= 0.6 is 11.5 Å². The maximum absolute atomic E-state index is 9.54. The van der Waals surface area contributed by atoms with Crippen molar-refractivity contribution in [2.75, 3.05) is 17.6 Å². The lowest BCUT2D eigenvalue weighted by Gasteiger charge is -2.10. The number of aliphatic hydroxyl groups excluding tert-OH is 1. The van der Waals surface area contributed by atoms with E-state index >= 15 is 0 Å². The number of nitrogens with two attached hydrogens (primary N) is 1. The summed E-state index contributed by atoms with van der Waals surface area (Å²) in [6.07, 6.45) is 4.68. The summed E-state index contributed by atoms with van der Waals surface area (Å²) in [6.45, 7) is 2.67. The molecule has 1 unspecified atom stereocenters.